The first kappa shape index (κ1) is 14.9. The predicted molar refractivity (Wildman–Crippen MR) is 96.7 cm³/mol. The second-order valence-corrected chi connectivity index (χ2v) is 7.23. The van der Waals surface area contributed by atoms with Crippen LogP contribution in [0, 0.1) is 5.82 Å². The summed E-state index contributed by atoms with van der Waals surface area (Å²) >= 11 is 5.18. The number of benzene rings is 2. The van der Waals surface area contributed by atoms with E-state index in [2.05, 4.69) is 36.0 Å². The minimum absolute atomic E-state index is 0.0274. The molecule has 116 valence electrons. The molecule has 1 N–H and O–H groups in total. The largest absolute Gasteiger partial charge is 0.314 e. The van der Waals surface area contributed by atoms with Crippen molar-refractivity contribution in [1.29, 1.82) is 0 Å². The molecule has 1 aliphatic rings. The Morgan fingerprint density at radius 2 is 2.04 bits per heavy atom. The van der Waals surface area contributed by atoms with E-state index in [4.69, 9.17) is 0 Å². The number of halogens is 2. The summed E-state index contributed by atoms with van der Waals surface area (Å²) in [6, 6.07) is 12.8. The third kappa shape index (κ3) is 2.51. The van der Waals surface area contributed by atoms with Crippen LogP contribution in [0.4, 0.5) is 10.1 Å². The van der Waals surface area contributed by atoms with Crippen LogP contribution < -0.4 is 4.72 Å². The van der Waals surface area contributed by atoms with Gasteiger partial charge >= 0.3 is 0 Å². The Hall–Kier alpha value is -1.63. The Morgan fingerprint density at radius 3 is 2.83 bits per heavy atom. The monoisotopic (exact) mass is 389 g/mol. The summed E-state index contributed by atoms with van der Waals surface area (Å²) in [6.45, 7) is 0. The Labute approximate surface area is 146 Å². The molecule has 1 unspecified atom stereocenters. The Morgan fingerprint density at radius 1 is 1.26 bits per heavy atom. The molecule has 0 spiro atoms. The molecule has 0 saturated carbocycles. The second kappa shape index (κ2) is 5.78. The molecule has 23 heavy (non-hydrogen) atoms. The van der Waals surface area contributed by atoms with Crippen molar-refractivity contribution in [2.45, 2.75) is 6.04 Å². The first-order valence-corrected chi connectivity index (χ1v) is 8.70. The van der Waals surface area contributed by atoms with Gasteiger partial charge in [0, 0.05) is 40.8 Å². The lowest BCUT2D eigenvalue weighted by molar-refractivity contribution is 0.478. The second-order valence-electron chi connectivity index (χ2n) is 5.42. The van der Waals surface area contributed by atoms with Crippen LogP contribution in [0.2, 0.25) is 0 Å². The molecule has 4 rings (SSSR count). The zero-order valence-electron chi connectivity index (χ0n) is 12.3. The quantitative estimate of drug-likeness (QED) is 0.582. The summed E-state index contributed by atoms with van der Waals surface area (Å²) in [5.41, 5.74) is 4.12. The molecule has 2 aromatic carbocycles. The topological polar surface area (TPSA) is 28.2 Å². The number of hydrogen-bond acceptors (Lipinski definition) is 4. The molecule has 1 aromatic heterocycles. The number of rotatable bonds is 1. The molecular weight excluding hydrogens is 377 g/mol. The molecule has 2 heterocycles. The van der Waals surface area contributed by atoms with Crippen LogP contribution in [-0.2, 0) is 0 Å². The molecule has 3 nitrogen and oxygen atoms in total. The van der Waals surface area contributed by atoms with E-state index in [9.17, 15) is 4.39 Å². The number of fused-ring (bicyclic) bond motifs is 3. The van der Waals surface area contributed by atoms with Gasteiger partial charge in [-0.2, -0.15) is 0 Å². The van der Waals surface area contributed by atoms with Gasteiger partial charge < -0.3 is 4.72 Å². The zero-order valence-corrected chi connectivity index (χ0v) is 14.7. The lowest BCUT2D eigenvalue weighted by Gasteiger charge is -2.34. The Bertz CT molecular complexity index is 885. The smallest absolute Gasteiger partial charge is 0.123 e. The highest BCUT2D eigenvalue weighted by Gasteiger charge is 2.29. The zero-order chi connectivity index (χ0) is 16.0. The third-order valence-corrected chi connectivity index (χ3v) is 5.46. The van der Waals surface area contributed by atoms with Crippen molar-refractivity contribution >= 4 is 44.7 Å². The van der Waals surface area contributed by atoms with Crippen molar-refractivity contribution in [1.82, 2.24) is 9.29 Å². The molecule has 0 bridgehead atoms. The number of pyridine rings is 1. The molecule has 1 aliphatic heterocycles. The molecule has 1 atom stereocenters. The van der Waals surface area contributed by atoms with Gasteiger partial charge in [-0.05, 0) is 29.8 Å². The molecule has 0 fully saturated rings. The van der Waals surface area contributed by atoms with Crippen LogP contribution >= 0.6 is 28.1 Å². The van der Waals surface area contributed by atoms with Gasteiger partial charge in [-0.1, -0.05) is 34.1 Å². The summed E-state index contributed by atoms with van der Waals surface area (Å²) in [7, 11) is 2.02. The normalized spacial score (nSPS) is 17.8. The molecule has 0 aliphatic carbocycles. The van der Waals surface area contributed by atoms with E-state index in [0.717, 1.165) is 32.2 Å². The van der Waals surface area contributed by atoms with E-state index in [1.54, 1.807) is 6.20 Å². The summed E-state index contributed by atoms with van der Waals surface area (Å²) in [5.74, 6) is -0.223. The van der Waals surface area contributed by atoms with E-state index < -0.39 is 0 Å². The van der Waals surface area contributed by atoms with Crippen LogP contribution in [0.25, 0.3) is 10.9 Å². The van der Waals surface area contributed by atoms with Gasteiger partial charge in [-0.3, -0.25) is 4.98 Å². The van der Waals surface area contributed by atoms with Crippen molar-refractivity contribution in [2.75, 3.05) is 11.8 Å². The van der Waals surface area contributed by atoms with Crippen LogP contribution in [-0.4, -0.2) is 16.3 Å². The average molecular weight is 390 g/mol. The number of anilines is 1. The summed E-state index contributed by atoms with van der Waals surface area (Å²) < 4.78 is 19.8. The lowest BCUT2D eigenvalue weighted by Crippen LogP contribution is -2.26. The Kier molecular flexibility index (Phi) is 3.75. The van der Waals surface area contributed by atoms with Crippen molar-refractivity contribution in [3.8, 4) is 0 Å². The summed E-state index contributed by atoms with van der Waals surface area (Å²) in [4.78, 5) is 4.54. The first-order valence-electron chi connectivity index (χ1n) is 7.13. The van der Waals surface area contributed by atoms with E-state index in [0.29, 0.717) is 0 Å². The van der Waals surface area contributed by atoms with Crippen LogP contribution in [0.1, 0.15) is 17.2 Å². The van der Waals surface area contributed by atoms with E-state index in [1.807, 2.05) is 31.3 Å². The average Bonchev–Trinajstić information content (AvgIpc) is 2.56. The number of nitrogens with one attached hydrogen (secondary N) is 1. The van der Waals surface area contributed by atoms with Crippen molar-refractivity contribution < 1.29 is 4.39 Å². The maximum Gasteiger partial charge on any atom is 0.123 e. The highest BCUT2D eigenvalue weighted by molar-refractivity contribution is 9.10. The molecule has 0 saturated heterocycles. The van der Waals surface area contributed by atoms with Crippen molar-refractivity contribution in [3.05, 3.63) is 70.1 Å². The fourth-order valence-electron chi connectivity index (χ4n) is 2.94. The van der Waals surface area contributed by atoms with Crippen molar-refractivity contribution in [3.63, 3.8) is 0 Å². The standard InChI is InChI=1S/C17H13BrFN3S/c1-22-17(10-4-6-11(19)7-5-10)13-9-14(18)12-3-2-8-20-15(12)16(13)21-23-22/h2-9,17,21H,1H3. The van der Waals surface area contributed by atoms with Crippen LogP contribution in [0.5, 0.6) is 0 Å². The molecule has 6 heteroatoms. The summed E-state index contributed by atoms with van der Waals surface area (Å²) in [5, 5.41) is 1.07. The highest BCUT2D eigenvalue weighted by atomic mass is 79.9. The van der Waals surface area contributed by atoms with Gasteiger partial charge in [-0.25, -0.2) is 8.70 Å². The fourth-order valence-corrected chi connectivity index (χ4v) is 4.30. The Balaban J connectivity index is 1.96. The summed E-state index contributed by atoms with van der Waals surface area (Å²) in [6.07, 6.45) is 1.80. The fraction of sp³-hybridized carbons (Fsp3) is 0.118. The SMILES string of the molecule is CN1SNc2c(cc(Br)c3cccnc23)C1c1ccc(F)cc1. The van der Waals surface area contributed by atoms with E-state index in [-0.39, 0.29) is 11.9 Å². The van der Waals surface area contributed by atoms with Crippen molar-refractivity contribution in [2.24, 2.45) is 0 Å². The van der Waals surface area contributed by atoms with Crippen LogP contribution in [0.3, 0.4) is 0 Å². The number of hydrogen-bond donors (Lipinski definition) is 1. The van der Waals surface area contributed by atoms with E-state index >= 15 is 0 Å². The first-order chi connectivity index (χ1) is 11.1. The molecule has 0 amide bonds. The predicted octanol–water partition coefficient (Wildman–Crippen LogP) is 5.15. The van der Waals surface area contributed by atoms with Gasteiger partial charge in [0.1, 0.15) is 5.82 Å². The minimum Gasteiger partial charge on any atom is -0.314 e. The van der Waals surface area contributed by atoms with Gasteiger partial charge in [0.25, 0.3) is 0 Å². The van der Waals surface area contributed by atoms with Gasteiger partial charge in [0.05, 0.1) is 17.2 Å². The maximum absolute atomic E-state index is 13.3. The highest BCUT2D eigenvalue weighted by Crippen LogP contribution is 2.45. The maximum atomic E-state index is 13.3. The lowest BCUT2D eigenvalue weighted by atomic mass is 9.95. The van der Waals surface area contributed by atoms with Gasteiger partial charge in [-0.15, -0.1) is 0 Å². The molecule has 3 aromatic rings. The molecule has 0 radical (unpaired) electrons. The van der Waals surface area contributed by atoms with Gasteiger partial charge in [0.2, 0.25) is 0 Å². The third-order valence-electron chi connectivity index (χ3n) is 4.01. The van der Waals surface area contributed by atoms with Crippen LogP contribution in [0.15, 0.2) is 53.1 Å². The number of aromatic nitrogens is 1. The molecular formula is C17H13BrFN3S. The number of nitrogens with zero attached hydrogens (tertiary/aromatic N) is 2. The van der Waals surface area contributed by atoms with E-state index in [1.165, 1.54) is 24.3 Å². The van der Waals surface area contributed by atoms with Gasteiger partial charge in [0.15, 0.2) is 0 Å². The minimum atomic E-state index is -0.223.